The molecular weight excluding hydrogens is 468 g/mol. The molecule has 1 atom stereocenters. The average Bonchev–Trinajstić information content (AvgIpc) is 3.72. The lowest BCUT2D eigenvalue weighted by molar-refractivity contribution is 0.0701. The number of halogens is 2. The fourth-order valence-corrected chi connectivity index (χ4v) is 5.06. The summed E-state index contributed by atoms with van der Waals surface area (Å²) >= 11 is 0. The molecule has 1 saturated carbocycles. The summed E-state index contributed by atoms with van der Waals surface area (Å²) in [5.41, 5.74) is 1.43. The van der Waals surface area contributed by atoms with E-state index in [1.165, 1.54) is 27.9 Å². The van der Waals surface area contributed by atoms with E-state index in [1.807, 2.05) is 24.3 Å². The van der Waals surface area contributed by atoms with Crippen molar-refractivity contribution in [3.8, 4) is 11.5 Å². The Morgan fingerprint density at radius 3 is 2.50 bits per heavy atom. The molecule has 7 nitrogen and oxygen atoms in total. The standard InChI is InChI=1S/C27H23F2N3O4/c28-20-10-9-19-23(18-6-2-1-5-17(18)16-7-8-16)32-15-30(12-3-4-14-36-26(19)22(20)29)27(35)24-25(34)21(33)11-13-31(24)32/h1-6,9-11,13,16,23,34H,7-8,12,14-15H2/b4-3-/t23-/m1/s1. The number of rotatable bonds is 2. The molecule has 6 rings (SSSR count). The summed E-state index contributed by atoms with van der Waals surface area (Å²) < 4.78 is 36.8. The van der Waals surface area contributed by atoms with Gasteiger partial charge in [-0.25, -0.2) is 4.39 Å². The number of hydrogen-bond acceptors (Lipinski definition) is 5. The first-order chi connectivity index (χ1) is 17.5. The van der Waals surface area contributed by atoms with Gasteiger partial charge < -0.3 is 14.7 Å². The molecule has 2 bridgehead atoms. The third-order valence-electron chi connectivity index (χ3n) is 6.93. The number of carbonyl (C=O) groups is 1. The van der Waals surface area contributed by atoms with Crippen molar-refractivity contribution in [2.45, 2.75) is 24.8 Å². The Morgan fingerprint density at radius 1 is 0.944 bits per heavy atom. The maximum absolute atomic E-state index is 15.2. The average molecular weight is 491 g/mol. The summed E-state index contributed by atoms with van der Waals surface area (Å²) in [6.45, 7) is 0.217. The number of nitrogens with zero attached hydrogens (tertiary/aromatic N) is 3. The lowest BCUT2D eigenvalue weighted by Gasteiger charge is -2.44. The van der Waals surface area contributed by atoms with Crippen molar-refractivity contribution in [1.82, 2.24) is 9.58 Å². The van der Waals surface area contributed by atoms with Gasteiger partial charge >= 0.3 is 0 Å². The van der Waals surface area contributed by atoms with Gasteiger partial charge in [0, 0.05) is 24.4 Å². The molecule has 184 valence electrons. The van der Waals surface area contributed by atoms with Crippen LogP contribution in [0.3, 0.4) is 0 Å². The first-order valence-corrected chi connectivity index (χ1v) is 11.8. The quantitative estimate of drug-likeness (QED) is 0.552. The molecule has 1 N–H and O–H groups in total. The largest absolute Gasteiger partial charge is 0.502 e. The lowest BCUT2D eigenvalue weighted by atomic mass is 9.91. The van der Waals surface area contributed by atoms with E-state index in [0.717, 1.165) is 30.0 Å². The molecule has 1 amide bonds. The highest BCUT2D eigenvalue weighted by Gasteiger charge is 2.40. The van der Waals surface area contributed by atoms with E-state index in [-0.39, 0.29) is 31.3 Å². The second kappa shape index (κ2) is 8.51. The highest BCUT2D eigenvalue weighted by molar-refractivity contribution is 5.96. The molecule has 1 aromatic heterocycles. The van der Waals surface area contributed by atoms with Crippen LogP contribution in [0.15, 0.2) is 65.6 Å². The zero-order chi connectivity index (χ0) is 25.0. The number of fused-ring (bicyclic) bond motifs is 5. The maximum atomic E-state index is 15.2. The maximum Gasteiger partial charge on any atom is 0.278 e. The number of aromatic hydroxyl groups is 1. The highest BCUT2D eigenvalue weighted by atomic mass is 19.2. The molecule has 0 spiro atoms. The van der Waals surface area contributed by atoms with Gasteiger partial charge in [-0.2, -0.15) is 4.39 Å². The third kappa shape index (κ3) is 3.54. The van der Waals surface area contributed by atoms with Gasteiger partial charge in [0.1, 0.15) is 19.3 Å². The van der Waals surface area contributed by atoms with Gasteiger partial charge in [-0.15, -0.1) is 0 Å². The third-order valence-corrected chi connectivity index (χ3v) is 6.93. The van der Waals surface area contributed by atoms with Crippen LogP contribution in [0, 0.1) is 11.6 Å². The topological polar surface area (TPSA) is 75.0 Å². The van der Waals surface area contributed by atoms with Crippen LogP contribution in [0.4, 0.5) is 8.78 Å². The Labute approximate surface area is 205 Å². The van der Waals surface area contributed by atoms with Crippen molar-refractivity contribution < 1.29 is 23.4 Å². The van der Waals surface area contributed by atoms with Gasteiger partial charge in [-0.05, 0) is 48.1 Å². The van der Waals surface area contributed by atoms with E-state index >= 15 is 4.39 Å². The molecule has 1 aliphatic carbocycles. The zero-order valence-corrected chi connectivity index (χ0v) is 19.2. The SMILES string of the molecule is O=C1c2c(O)c(=O)ccn2N2CN1C/C=C\COc1c(ccc(F)c1F)[C@H]2c1ccccc1C1CC1. The predicted molar refractivity (Wildman–Crippen MR) is 128 cm³/mol. The van der Waals surface area contributed by atoms with Crippen LogP contribution in [0.1, 0.15) is 52.0 Å². The van der Waals surface area contributed by atoms with Crippen LogP contribution in [-0.2, 0) is 0 Å². The van der Waals surface area contributed by atoms with Crippen molar-refractivity contribution in [2.75, 3.05) is 24.8 Å². The molecule has 9 heteroatoms. The zero-order valence-electron chi connectivity index (χ0n) is 19.2. The molecule has 3 aliphatic rings. The molecule has 3 heterocycles. The smallest absolute Gasteiger partial charge is 0.278 e. The van der Waals surface area contributed by atoms with Crippen LogP contribution in [0.25, 0.3) is 0 Å². The van der Waals surface area contributed by atoms with Crippen molar-refractivity contribution >= 4 is 5.91 Å². The number of amides is 1. The predicted octanol–water partition coefficient (Wildman–Crippen LogP) is 3.80. The van der Waals surface area contributed by atoms with Crippen molar-refractivity contribution in [3.05, 3.63) is 105 Å². The van der Waals surface area contributed by atoms with E-state index in [0.29, 0.717) is 11.5 Å². The molecule has 2 aliphatic heterocycles. The first-order valence-electron chi connectivity index (χ1n) is 11.8. The number of carbonyl (C=O) groups excluding carboxylic acids is 1. The number of aromatic nitrogens is 1. The summed E-state index contributed by atoms with van der Waals surface area (Å²) in [4.78, 5) is 27.1. The number of ether oxygens (including phenoxy) is 1. The van der Waals surface area contributed by atoms with Gasteiger partial charge in [0.05, 0.1) is 0 Å². The van der Waals surface area contributed by atoms with E-state index < -0.39 is 34.8 Å². The number of pyridine rings is 1. The monoisotopic (exact) mass is 491 g/mol. The van der Waals surface area contributed by atoms with Crippen molar-refractivity contribution in [3.63, 3.8) is 0 Å². The van der Waals surface area contributed by atoms with Gasteiger partial charge in [0.15, 0.2) is 23.0 Å². The van der Waals surface area contributed by atoms with Crippen molar-refractivity contribution in [2.24, 2.45) is 0 Å². The van der Waals surface area contributed by atoms with Crippen LogP contribution >= 0.6 is 0 Å². The Bertz CT molecular complexity index is 1460. The van der Waals surface area contributed by atoms with Gasteiger partial charge in [-0.3, -0.25) is 19.3 Å². The summed E-state index contributed by atoms with van der Waals surface area (Å²) in [6, 6.07) is 10.8. The Balaban J connectivity index is 1.67. The molecular formula is C27H23F2N3O4. The minimum Gasteiger partial charge on any atom is -0.502 e. The summed E-state index contributed by atoms with van der Waals surface area (Å²) in [6.07, 6.45) is 6.76. The molecule has 0 unspecified atom stereocenters. The van der Waals surface area contributed by atoms with Gasteiger partial charge in [0.25, 0.3) is 5.91 Å². The van der Waals surface area contributed by atoms with E-state index in [9.17, 15) is 19.1 Å². The Kier molecular flexibility index (Phi) is 5.28. The minimum atomic E-state index is -1.10. The Hall–Kier alpha value is -4.14. The summed E-state index contributed by atoms with van der Waals surface area (Å²) in [5.74, 6) is -3.17. The summed E-state index contributed by atoms with van der Waals surface area (Å²) in [5, 5.41) is 12.4. The van der Waals surface area contributed by atoms with E-state index in [1.54, 1.807) is 17.2 Å². The molecule has 3 aromatic rings. The second-order valence-corrected chi connectivity index (χ2v) is 9.20. The van der Waals surface area contributed by atoms with Crippen LogP contribution < -0.4 is 15.2 Å². The van der Waals surface area contributed by atoms with E-state index in [2.05, 4.69) is 0 Å². The Morgan fingerprint density at radius 2 is 1.72 bits per heavy atom. The minimum absolute atomic E-state index is 0.0254. The normalized spacial score (nSPS) is 20.2. The molecule has 2 aromatic carbocycles. The molecule has 1 fully saturated rings. The van der Waals surface area contributed by atoms with E-state index in [4.69, 9.17) is 4.74 Å². The molecule has 36 heavy (non-hydrogen) atoms. The fourth-order valence-electron chi connectivity index (χ4n) is 5.06. The number of benzene rings is 2. The fraction of sp³-hybridized carbons (Fsp3) is 0.259. The van der Waals surface area contributed by atoms with Crippen LogP contribution in [-0.4, -0.2) is 40.4 Å². The van der Waals surface area contributed by atoms with Crippen molar-refractivity contribution in [1.29, 1.82) is 0 Å². The van der Waals surface area contributed by atoms with Crippen LogP contribution in [0.5, 0.6) is 11.5 Å². The lowest BCUT2D eigenvalue weighted by Crippen LogP contribution is -2.55. The van der Waals surface area contributed by atoms with Crippen LogP contribution in [0.2, 0.25) is 0 Å². The van der Waals surface area contributed by atoms with Gasteiger partial charge in [-0.1, -0.05) is 30.3 Å². The summed E-state index contributed by atoms with van der Waals surface area (Å²) in [7, 11) is 0. The molecule has 0 saturated heterocycles. The first kappa shape index (κ1) is 22.3. The molecule has 0 radical (unpaired) electrons. The highest BCUT2D eigenvalue weighted by Crippen LogP contribution is 2.47. The number of hydrogen-bond donors (Lipinski definition) is 1. The second-order valence-electron chi connectivity index (χ2n) is 9.20. The van der Waals surface area contributed by atoms with Gasteiger partial charge in [0.2, 0.25) is 11.2 Å².